The zero-order valence-corrected chi connectivity index (χ0v) is 52.9. The van der Waals surface area contributed by atoms with Crippen molar-refractivity contribution in [1.82, 2.24) is 64.8 Å². The molecule has 4 aromatic heterocycles. The second-order valence-electron chi connectivity index (χ2n) is 21.3. The van der Waals surface area contributed by atoms with Crippen LogP contribution in [0.1, 0.15) is 57.6 Å². The Kier molecular flexibility index (Phi) is 22.4. The summed E-state index contributed by atoms with van der Waals surface area (Å²) in [5.74, 6) is -3.88. The van der Waals surface area contributed by atoms with Crippen LogP contribution in [0.25, 0.3) is 22.3 Å². The van der Waals surface area contributed by atoms with Gasteiger partial charge in [0.25, 0.3) is 11.8 Å². The van der Waals surface area contributed by atoms with Gasteiger partial charge in [-0.25, -0.2) is 14.4 Å². The SMILES string of the molecule is CC(C)C(NC(=O)CCN1C(=O)C=CC1=O)C(=O)NC(CCCNC(N)=O)C(=O)Nc1ccc(COC(=O)N(C)CCOC(=O)Nc2nc3c(ncn3C3OC(CO[P+](=O)O)C(F)C3O[P+](=O)OCC34C[I-]OC(C3)C(n3cnc5c(N)ncnc53)O4)c(=O)[nH]2)cc1. The van der Waals surface area contributed by atoms with E-state index in [1.165, 1.54) is 31.8 Å². The van der Waals surface area contributed by atoms with E-state index in [1.54, 1.807) is 30.5 Å². The van der Waals surface area contributed by atoms with E-state index >= 15 is 4.39 Å². The number of rotatable bonds is 29. The van der Waals surface area contributed by atoms with Crippen LogP contribution in [0, 0.1) is 5.92 Å². The summed E-state index contributed by atoms with van der Waals surface area (Å²) in [5, 5.41) is 12.6. The molecule has 1 aromatic carbocycles. The number of imidazole rings is 2. The van der Waals surface area contributed by atoms with Gasteiger partial charge in [0, 0.05) is 49.0 Å². The van der Waals surface area contributed by atoms with E-state index in [2.05, 4.69) is 56.5 Å². The number of amides is 9. The number of halogens is 2. The van der Waals surface area contributed by atoms with Crippen molar-refractivity contribution in [3.05, 3.63) is 71.3 Å². The number of nitrogens with one attached hydrogen (secondary N) is 6. The van der Waals surface area contributed by atoms with E-state index in [9.17, 15) is 57.2 Å². The third kappa shape index (κ3) is 16.8. The number of carbonyl (C=O) groups excluding carboxylic acids is 8. The van der Waals surface area contributed by atoms with Crippen LogP contribution in [0.4, 0.5) is 36.2 Å². The monoisotopic (exact) mass is 1440 g/mol. The van der Waals surface area contributed by atoms with Crippen LogP contribution in [0.15, 0.2) is 60.2 Å². The molecular weight excluding hydrogens is 1380 g/mol. The number of alkyl halides is 2. The molecule has 0 saturated carbocycles. The number of aromatic amines is 1. The van der Waals surface area contributed by atoms with Crippen molar-refractivity contribution >= 4 is 104 Å². The summed E-state index contributed by atoms with van der Waals surface area (Å²) in [6, 6.07) is 3.04. The number of fused-ring (bicyclic) bond motifs is 4. The normalized spacial score (nSPS) is 22.0. The standard InChI is InChI=1S/C51H61FIN17O20P2/c1-25(2)35(63-31(71)12-14-68-32(72)10-11-33(68)73)43(75)62-28(5-4-13-56-47(55)77)42(74)61-27-8-6-26(7-9-27)18-84-50(79)67(3)15-16-83-49(78)66-48-64-41-37(44(76)65-48)60-24-70(41)46-38(34(52)30(87-46)19-85-91(80)81)90-92(82)86-21-51-17-29(89-53-20-51)45(88-51)69-23-59-36-39(54)57-22-58-40(36)69/h6-11,22-25,28-30,34-35,38,45-46H,4-5,12-21H2,1-3H3,(H10-,54,55,56,57,58,61,62,63,64,65,66,71,74,75,76,77,78,80,81)/p+1. The van der Waals surface area contributed by atoms with Crippen LogP contribution in [-0.4, -0.2) is 195 Å². The van der Waals surface area contributed by atoms with Gasteiger partial charge in [-0.2, -0.15) is 0 Å². The van der Waals surface area contributed by atoms with Crippen LogP contribution in [0.2, 0.25) is 0 Å². The Balaban J connectivity index is 0.748. The van der Waals surface area contributed by atoms with Gasteiger partial charge in [-0.05, 0) is 36.5 Å². The first-order valence-corrected chi connectivity index (χ1v) is 32.7. The molecule has 0 spiro atoms. The van der Waals surface area contributed by atoms with Crippen LogP contribution < -0.4 is 65.2 Å². The third-order valence-corrected chi connectivity index (χ3v) is 18.3. The van der Waals surface area contributed by atoms with Crippen molar-refractivity contribution < 1.29 is 114 Å². The predicted molar refractivity (Wildman–Crippen MR) is 307 cm³/mol. The molecule has 11 atom stereocenters. The number of imide groups is 1. The average Bonchev–Trinajstić information content (AvgIpc) is 1.61. The van der Waals surface area contributed by atoms with Gasteiger partial charge in [0.05, 0.1) is 6.54 Å². The molecule has 5 aromatic rings. The summed E-state index contributed by atoms with van der Waals surface area (Å²) in [6.07, 6.45) is -4.11. The molecule has 11 N–H and O–H groups in total. The van der Waals surface area contributed by atoms with Crippen molar-refractivity contribution in [1.29, 1.82) is 0 Å². The Morgan fingerprint density at radius 3 is 2.39 bits per heavy atom. The van der Waals surface area contributed by atoms with Crippen LogP contribution in [-0.2, 0) is 75.3 Å². The molecule has 0 radical (unpaired) electrons. The fourth-order valence-electron chi connectivity index (χ4n) is 9.78. The first-order chi connectivity index (χ1) is 44.0. The molecule has 9 rings (SSSR count). The molecule has 41 heteroatoms. The molecule has 8 heterocycles. The summed E-state index contributed by atoms with van der Waals surface area (Å²) in [4.78, 5) is 149. The van der Waals surface area contributed by atoms with Crippen LogP contribution in [0.3, 0.4) is 0 Å². The number of anilines is 3. The van der Waals surface area contributed by atoms with E-state index in [1.807, 2.05) is 0 Å². The molecule has 0 aliphatic carbocycles. The average molecular weight is 1440 g/mol. The number of aromatic nitrogens is 8. The maximum absolute atomic E-state index is 16.3. The maximum atomic E-state index is 16.3. The number of nitrogens with zero attached hydrogens (tertiary/aromatic N) is 9. The molecule has 9 amide bonds. The summed E-state index contributed by atoms with van der Waals surface area (Å²) in [5.41, 5.74) is 10.2. The minimum atomic E-state index is -3.21. The first-order valence-electron chi connectivity index (χ1n) is 28.0. The second-order valence-corrected chi connectivity index (χ2v) is 24.9. The molecule has 11 unspecified atom stereocenters. The third-order valence-electron chi connectivity index (χ3n) is 14.5. The Hall–Kier alpha value is -8.40. The van der Waals surface area contributed by atoms with Crippen molar-refractivity contribution in [3.63, 3.8) is 0 Å². The van der Waals surface area contributed by atoms with E-state index in [0.717, 1.165) is 32.8 Å². The fourth-order valence-corrected chi connectivity index (χ4v) is 13.2. The van der Waals surface area contributed by atoms with E-state index in [0.29, 0.717) is 27.6 Å². The van der Waals surface area contributed by atoms with Crippen LogP contribution in [0.5, 0.6) is 0 Å². The van der Waals surface area contributed by atoms with E-state index in [-0.39, 0.29) is 74.8 Å². The zero-order valence-electron chi connectivity index (χ0n) is 48.9. The van der Waals surface area contributed by atoms with E-state index in [4.69, 9.17) is 47.1 Å². The molecule has 2 bridgehead atoms. The van der Waals surface area contributed by atoms with Crippen molar-refractivity contribution in [2.45, 2.75) is 101 Å². The molecule has 3 fully saturated rings. The molecular formula is C51H62FIN17O20P2+. The number of carbonyl (C=O) groups is 8. The quantitative estimate of drug-likeness (QED) is 0.00800. The minimum Gasteiger partial charge on any atom is -0.290 e. The number of likely N-dealkylation sites (N-methyl/N-ethyl adjacent to an activating group) is 1. The number of urea groups is 1. The summed E-state index contributed by atoms with van der Waals surface area (Å²) >= 11 is -0.873. The van der Waals surface area contributed by atoms with Gasteiger partial charge in [-0.3, -0.25) is 44.0 Å². The van der Waals surface area contributed by atoms with Gasteiger partial charge < -0.3 is 41.4 Å². The van der Waals surface area contributed by atoms with Gasteiger partial charge in [0.1, 0.15) is 25.3 Å². The number of nitrogens with two attached hydrogens (primary N) is 2. The number of hydrogen-bond donors (Lipinski definition) is 9. The van der Waals surface area contributed by atoms with Gasteiger partial charge in [-0.1, -0.05) is 26.0 Å². The Morgan fingerprint density at radius 1 is 0.946 bits per heavy atom. The molecule has 37 nitrogen and oxygen atoms in total. The molecule has 4 aliphatic heterocycles. The summed E-state index contributed by atoms with van der Waals surface area (Å²) in [6.45, 7) is 1.32. The number of H-pyrrole nitrogens is 1. The van der Waals surface area contributed by atoms with Gasteiger partial charge >= 0.3 is 256 Å². The predicted octanol–water partition coefficient (Wildman–Crippen LogP) is -2.29. The molecule has 3 saturated heterocycles. The number of ether oxygens (including phenoxy) is 4. The Labute approximate surface area is 531 Å². The summed E-state index contributed by atoms with van der Waals surface area (Å²) < 4.78 is 89.7. The van der Waals surface area contributed by atoms with Gasteiger partial charge in [0.15, 0.2) is 0 Å². The van der Waals surface area contributed by atoms with Gasteiger partial charge in [0.2, 0.25) is 17.7 Å². The number of hydrogen-bond acceptors (Lipinski definition) is 25. The number of primary amides is 1. The summed E-state index contributed by atoms with van der Waals surface area (Å²) in [7, 11) is -5.02. The van der Waals surface area contributed by atoms with Crippen molar-refractivity contribution in [3.8, 4) is 0 Å². The number of nitrogen functional groups attached to an aromatic ring is 1. The Morgan fingerprint density at radius 2 is 1.67 bits per heavy atom. The van der Waals surface area contributed by atoms with Crippen molar-refractivity contribution in [2.24, 2.45) is 11.7 Å². The molecule has 4 aliphatic rings. The van der Waals surface area contributed by atoms with Crippen LogP contribution >= 0.6 is 16.5 Å². The first kappa shape index (κ1) is 68.0. The smallest absolute Gasteiger partial charge is 0.290 e. The molecule has 494 valence electrons. The van der Waals surface area contributed by atoms with Gasteiger partial charge in [-0.15, -0.1) is 4.89 Å². The minimum absolute atomic E-state index is 0.0316. The topological polar surface area (TPSA) is 491 Å². The van der Waals surface area contributed by atoms with E-state index < -0.39 is 171 Å². The second kappa shape index (κ2) is 30.4. The van der Waals surface area contributed by atoms with Crippen molar-refractivity contribution in [2.75, 3.05) is 67.3 Å². The Bertz CT molecular complexity index is 3720. The molecule has 92 heavy (non-hydrogen) atoms. The number of benzene rings is 1. The zero-order chi connectivity index (χ0) is 66.0. The fraction of sp³-hybridized carbons (Fsp3) is 0.490.